The zero-order valence-corrected chi connectivity index (χ0v) is 9.33. The van der Waals surface area contributed by atoms with Gasteiger partial charge in [-0.3, -0.25) is 0 Å². The fourth-order valence-corrected chi connectivity index (χ4v) is 0.417. The molecule has 1 fully saturated rings. The first-order chi connectivity index (χ1) is 3.91. The Bertz CT molecular complexity index is 34.3. The van der Waals surface area contributed by atoms with E-state index in [9.17, 15) is 0 Å². The minimum atomic E-state index is -0.826. The van der Waals surface area contributed by atoms with E-state index in [4.69, 9.17) is 21.8 Å². The van der Waals surface area contributed by atoms with E-state index in [0.29, 0.717) is 0 Å². The number of rotatable bonds is 0. The molecule has 1 heterocycles. The van der Waals surface area contributed by atoms with E-state index in [1.54, 1.807) is 0 Å². The fourth-order valence-electron chi connectivity index (χ4n) is 0.417. The molecule has 1 saturated heterocycles. The predicted molar refractivity (Wildman–Crippen MR) is 37.6 cm³/mol. The van der Waals surface area contributed by atoms with Crippen molar-refractivity contribution in [2.75, 3.05) is 6.61 Å². The summed E-state index contributed by atoms with van der Waals surface area (Å²) < 4.78 is 4.82. The SMILES string of the molecule is [CH-]1CCCO1.[CH3-].[Cl][Zr+2][Cl]. The quantitative estimate of drug-likeness (QED) is 0.599. The molecule has 0 radical (unpaired) electrons. The molecule has 1 aliphatic rings. The number of halogens is 2. The van der Waals surface area contributed by atoms with E-state index in [-0.39, 0.29) is 7.43 Å². The van der Waals surface area contributed by atoms with Gasteiger partial charge in [-0.1, -0.05) is 6.42 Å². The monoisotopic (exact) mass is 246 g/mol. The van der Waals surface area contributed by atoms with E-state index >= 15 is 0 Å². The second-order valence-electron chi connectivity index (χ2n) is 1.25. The molecule has 0 amide bonds. The van der Waals surface area contributed by atoms with Crippen molar-refractivity contribution in [2.24, 2.45) is 0 Å². The zero-order chi connectivity index (χ0) is 6.24. The van der Waals surface area contributed by atoms with Gasteiger partial charge in [-0.15, -0.1) is 0 Å². The van der Waals surface area contributed by atoms with Crippen molar-refractivity contribution in [1.29, 1.82) is 0 Å². The molecule has 1 rings (SSSR count). The molecule has 4 heteroatoms. The van der Waals surface area contributed by atoms with Crippen LogP contribution in [-0.2, 0) is 25.6 Å². The van der Waals surface area contributed by atoms with Crippen molar-refractivity contribution < 1.29 is 25.6 Å². The average molecular weight is 248 g/mol. The van der Waals surface area contributed by atoms with Gasteiger partial charge in [0.1, 0.15) is 0 Å². The normalized spacial score (nSPS) is 14.4. The number of hydrogen-bond donors (Lipinski definition) is 0. The molecule has 9 heavy (non-hydrogen) atoms. The van der Waals surface area contributed by atoms with Crippen molar-refractivity contribution in [3.63, 3.8) is 0 Å². The molecule has 0 spiro atoms. The van der Waals surface area contributed by atoms with Gasteiger partial charge in [-0.25, -0.2) is 6.61 Å². The van der Waals surface area contributed by atoms with Crippen molar-refractivity contribution in [1.82, 2.24) is 0 Å². The van der Waals surface area contributed by atoms with E-state index in [1.807, 2.05) is 6.61 Å². The van der Waals surface area contributed by atoms with Crippen LogP contribution in [0.15, 0.2) is 0 Å². The molecule has 0 aromatic heterocycles. The van der Waals surface area contributed by atoms with Crippen LogP contribution in [0.25, 0.3) is 0 Å². The minimum absolute atomic E-state index is 0. The van der Waals surface area contributed by atoms with Crippen LogP contribution in [0.5, 0.6) is 0 Å². The van der Waals surface area contributed by atoms with E-state index in [1.165, 1.54) is 6.42 Å². The van der Waals surface area contributed by atoms with Crippen LogP contribution in [0.2, 0.25) is 0 Å². The Hall–Kier alpha value is 1.42. The summed E-state index contributed by atoms with van der Waals surface area (Å²) in [6.45, 7) is 2.81. The first kappa shape index (κ1) is 13.0. The molecular formula is C5H10Cl2OZr. The van der Waals surface area contributed by atoms with Gasteiger partial charge >= 0.3 is 37.9 Å². The Morgan fingerprint density at radius 2 is 2.00 bits per heavy atom. The van der Waals surface area contributed by atoms with Gasteiger partial charge in [0.25, 0.3) is 0 Å². The summed E-state index contributed by atoms with van der Waals surface area (Å²) in [6.07, 6.45) is 2.38. The summed E-state index contributed by atoms with van der Waals surface area (Å²) in [5, 5.41) is 0. The molecule has 0 aliphatic carbocycles. The maximum absolute atomic E-state index is 4.93. The topological polar surface area (TPSA) is 9.23 Å². The van der Waals surface area contributed by atoms with Crippen LogP contribution >= 0.6 is 17.0 Å². The van der Waals surface area contributed by atoms with Crippen molar-refractivity contribution in [2.45, 2.75) is 12.8 Å². The summed E-state index contributed by atoms with van der Waals surface area (Å²) in [6, 6.07) is 0. The Morgan fingerprint density at radius 1 is 1.44 bits per heavy atom. The van der Waals surface area contributed by atoms with Gasteiger partial charge in [0, 0.05) is 6.61 Å². The molecule has 0 N–H and O–H groups in total. The third-order valence-electron chi connectivity index (χ3n) is 0.702. The summed E-state index contributed by atoms with van der Waals surface area (Å²) in [4.78, 5) is 0. The number of ether oxygens (including phenoxy) is 1. The van der Waals surface area contributed by atoms with Crippen LogP contribution in [0.1, 0.15) is 12.8 Å². The second-order valence-corrected chi connectivity index (χ2v) is 4.98. The molecule has 0 atom stereocenters. The summed E-state index contributed by atoms with van der Waals surface area (Å²) in [5.41, 5.74) is 0. The van der Waals surface area contributed by atoms with Gasteiger partial charge in [0.05, 0.1) is 0 Å². The number of hydrogen-bond acceptors (Lipinski definition) is 1. The van der Waals surface area contributed by atoms with Gasteiger partial charge in [0.15, 0.2) is 0 Å². The van der Waals surface area contributed by atoms with Crippen LogP contribution in [0, 0.1) is 14.0 Å². The standard InChI is InChI=1S/C4H7O.CH3.2ClH.Zr/c1-2-4-5-3-1;;;;/h3H,1-2,4H2;1H3;2*1H;/q2*-1;;;+4/p-2. The molecule has 1 nitrogen and oxygen atoms in total. The van der Waals surface area contributed by atoms with Crippen LogP contribution in [0.3, 0.4) is 0 Å². The molecule has 54 valence electrons. The van der Waals surface area contributed by atoms with Gasteiger partial charge in [0.2, 0.25) is 0 Å². The van der Waals surface area contributed by atoms with E-state index in [0.717, 1.165) is 13.0 Å². The van der Waals surface area contributed by atoms with Gasteiger partial charge in [-0.05, 0) is 0 Å². The Morgan fingerprint density at radius 3 is 2.11 bits per heavy atom. The Kier molecular flexibility index (Phi) is 17.6. The molecule has 0 aromatic rings. The molecule has 0 bridgehead atoms. The molecule has 0 unspecified atom stereocenters. The van der Waals surface area contributed by atoms with E-state index in [2.05, 4.69) is 0 Å². The molecule has 1 aliphatic heterocycles. The third-order valence-corrected chi connectivity index (χ3v) is 0.702. The summed E-state index contributed by atoms with van der Waals surface area (Å²) in [7, 11) is 9.87. The molecule has 0 aromatic carbocycles. The maximum atomic E-state index is 4.93. The summed E-state index contributed by atoms with van der Waals surface area (Å²) in [5.74, 6) is 0. The first-order valence-corrected chi connectivity index (χ1v) is 8.64. The van der Waals surface area contributed by atoms with E-state index < -0.39 is 20.8 Å². The van der Waals surface area contributed by atoms with Crippen molar-refractivity contribution in [3.05, 3.63) is 14.0 Å². The van der Waals surface area contributed by atoms with Crippen molar-refractivity contribution in [3.8, 4) is 0 Å². The van der Waals surface area contributed by atoms with Crippen molar-refractivity contribution >= 4 is 17.0 Å². The molecule has 0 saturated carbocycles. The fraction of sp³-hybridized carbons (Fsp3) is 0.600. The van der Waals surface area contributed by atoms with Gasteiger partial charge < -0.3 is 12.2 Å². The first-order valence-electron chi connectivity index (χ1n) is 2.31. The average Bonchev–Trinajstić information content (AvgIpc) is 2.17. The van der Waals surface area contributed by atoms with Gasteiger partial charge in [-0.2, -0.15) is 6.42 Å². The Balaban J connectivity index is 0. The second kappa shape index (κ2) is 12.1. The van der Waals surface area contributed by atoms with Crippen LogP contribution in [0.4, 0.5) is 0 Å². The predicted octanol–water partition coefficient (Wildman–Crippen LogP) is 2.79. The molecular weight excluding hydrogens is 238 g/mol. The zero-order valence-electron chi connectivity index (χ0n) is 5.36. The Labute approximate surface area is 75.7 Å². The third kappa shape index (κ3) is 12.6. The summed E-state index contributed by atoms with van der Waals surface area (Å²) >= 11 is -0.826. The van der Waals surface area contributed by atoms with Crippen LogP contribution < -0.4 is 0 Å². The van der Waals surface area contributed by atoms with Crippen LogP contribution in [-0.4, -0.2) is 6.61 Å².